The predicted octanol–water partition coefficient (Wildman–Crippen LogP) is 2.47. The van der Waals surface area contributed by atoms with Crippen LogP contribution in [0.1, 0.15) is 23.2 Å². The SMILES string of the molecule is CN(C)CCNC(=O)c1cccc(-c2n[nH]c3ccnc(OC4CCOCC4)c23)c1. The molecule has 0 radical (unpaired) electrons. The molecule has 30 heavy (non-hydrogen) atoms. The molecule has 4 rings (SSSR count). The minimum Gasteiger partial charge on any atom is -0.474 e. The highest BCUT2D eigenvalue weighted by Crippen LogP contribution is 2.33. The van der Waals surface area contributed by atoms with Crippen molar-refractivity contribution in [2.45, 2.75) is 18.9 Å². The summed E-state index contributed by atoms with van der Waals surface area (Å²) in [6, 6.07) is 9.34. The number of amides is 1. The Hall–Kier alpha value is -2.97. The number of fused-ring (bicyclic) bond motifs is 1. The van der Waals surface area contributed by atoms with Gasteiger partial charge in [-0.2, -0.15) is 5.10 Å². The smallest absolute Gasteiger partial charge is 0.251 e. The van der Waals surface area contributed by atoms with Crippen molar-refractivity contribution in [2.24, 2.45) is 0 Å². The second-order valence-corrected chi connectivity index (χ2v) is 7.68. The molecule has 3 aromatic rings. The first-order chi connectivity index (χ1) is 14.6. The van der Waals surface area contributed by atoms with Crippen LogP contribution >= 0.6 is 0 Å². The average Bonchev–Trinajstić information content (AvgIpc) is 3.19. The molecule has 1 amide bonds. The van der Waals surface area contributed by atoms with E-state index in [2.05, 4.69) is 20.5 Å². The molecule has 0 spiro atoms. The number of benzene rings is 1. The Kier molecular flexibility index (Phi) is 6.25. The summed E-state index contributed by atoms with van der Waals surface area (Å²) in [5.41, 5.74) is 3.01. The van der Waals surface area contributed by atoms with Crippen molar-refractivity contribution < 1.29 is 14.3 Å². The fraction of sp³-hybridized carbons (Fsp3) is 0.409. The number of H-pyrrole nitrogens is 1. The van der Waals surface area contributed by atoms with Gasteiger partial charge in [-0.05, 0) is 32.3 Å². The van der Waals surface area contributed by atoms with Gasteiger partial charge < -0.3 is 19.7 Å². The highest BCUT2D eigenvalue weighted by Gasteiger charge is 2.20. The predicted molar refractivity (Wildman–Crippen MR) is 115 cm³/mol. The molecule has 0 unspecified atom stereocenters. The van der Waals surface area contributed by atoms with Gasteiger partial charge in [-0.25, -0.2) is 4.98 Å². The highest BCUT2D eigenvalue weighted by atomic mass is 16.5. The third kappa shape index (κ3) is 4.60. The van der Waals surface area contributed by atoms with Crippen LogP contribution in [-0.4, -0.2) is 72.5 Å². The molecule has 158 valence electrons. The zero-order valence-electron chi connectivity index (χ0n) is 17.4. The lowest BCUT2D eigenvalue weighted by Crippen LogP contribution is -2.31. The van der Waals surface area contributed by atoms with Gasteiger partial charge in [0.05, 0.1) is 24.1 Å². The van der Waals surface area contributed by atoms with Gasteiger partial charge in [0.15, 0.2) is 0 Å². The standard InChI is InChI=1S/C22H27N5O3/c1-27(2)11-10-23-21(28)16-5-3-4-15(14-16)20-19-18(25-26-20)6-9-24-22(19)30-17-7-12-29-13-8-17/h3-6,9,14,17H,7-8,10-13H2,1-2H3,(H,23,28)(H,25,26). The maximum atomic E-state index is 12.5. The first kappa shape index (κ1) is 20.3. The molecule has 1 saturated heterocycles. The molecule has 0 atom stereocenters. The fourth-order valence-corrected chi connectivity index (χ4v) is 3.49. The molecule has 2 aromatic heterocycles. The normalized spacial score (nSPS) is 14.9. The Balaban J connectivity index is 1.61. The minimum absolute atomic E-state index is 0.0772. The van der Waals surface area contributed by atoms with Crippen molar-refractivity contribution in [3.05, 3.63) is 42.1 Å². The van der Waals surface area contributed by atoms with Gasteiger partial charge in [-0.1, -0.05) is 12.1 Å². The van der Waals surface area contributed by atoms with Crippen LogP contribution in [0.4, 0.5) is 0 Å². The van der Waals surface area contributed by atoms with E-state index in [0.717, 1.165) is 41.5 Å². The van der Waals surface area contributed by atoms with Crippen LogP contribution < -0.4 is 10.1 Å². The Bertz CT molecular complexity index is 1010. The topological polar surface area (TPSA) is 92.4 Å². The van der Waals surface area contributed by atoms with Gasteiger partial charge in [-0.3, -0.25) is 9.89 Å². The summed E-state index contributed by atoms with van der Waals surface area (Å²) in [5.74, 6) is 0.458. The monoisotopic (exact) mass is 409 g/mol. The second-order valence-electron chi connectivity index (χ2n) is 7.68. The molecule has 1 aliphatic heterocycles. The molecule has 1 aliphatic rings. The average molecular weight is 409 g/mol. The number of nitrogens with one attached hydrogen (secondary N) is 2. The number of hydrogen-bond donors (Lipinski definition) is 2. The molecule has 1 aromatic carbocycles. The molecule has 2 N–H and O–H groups in total. The number of rotatable bonds is 7. The number of hydrogen-bond acceptors (Lipinski definition) is 6. The van der Waals surface area contributed by atoms with E-state index >= 15 is 0 Å². The van der Waals surface area contributed by atoms with Crippen LogP contribution in [0, 0.1) is 0 Å². The van der Waals surface area contributed by atoms with Crippen LogP contribution in [0.25, 0.3) is 22.2 Å². The number of nitrogens with zero attached hydrogens (tertiary/aromatic N) is 3. The van der Waals surface area contributed by atoms with Crippen molar-refractivity contribution in [1.29, 1.82) is 0 Å². The number of ether oxygens (including phenoxy) is 2. The molecule has 8 nitrogen and oxygen atoms in total. The minimum atomic E-state index is -0.102. The van der Waals surface area contributed by atoms with Crippen LogP contribution in [0.3, 0.4) is 0 Å². The molecule has 1 fully saturated rings. The lowest BCUT2D eigenvalue weighted by Gasteiger charge is -2.23. The van der Waals surface area contributed by atoms with Crippen LogP contribution in [0.5, 0.6) is 5.88 Å². The molecule has 8 heteroatoms. The van der Waals surface area contributed by atoms with Gasteiger partial charge in [0.1, 0.15) is 11.8 Å². The van der Waals surface area contributed by atoms with E-state index in [9.17, 15) is 4.79 Å². The number of carbonyl (C=O) groups excluding carboxylic acids is 1. The zero-order chi connectivity index (χ0) is 20.9. The molecule has 0 aliphatic carbocycles. The third-order valence-electron chi connectivity index (χ3n) is 5.13. The van der Waals surface area contributed by atoms with E-state index in [-0.39, 0.29) is 12.0 Å². The van der Waals surface area contributed by atoms with Crippen LogP contribution in [0.15, 0.2) is 36.5 Å². The number of carbonyl (C=O) groups is 1. The van der Waals surface area contributed by atoms with Crippen molar-refractivity contribution in [2.75, 3.05) is 40.4 Å². The van der Waals surface area contributed by atoms with Crippen molar-refractivity contribution in [3.8, 4) is 17.1 Å². The first-order valence-electron chi connectivity index (χ1n) is 10.2. The maximum absolute atomic E-state index is 12.5. The summed E-state index contributed by atoms with van der Waals surface area (Å²) in [5, 5.41) is 11.3. The molecular formula is C22H27N5O3. The van der Waals surface area contributed by atoms with Crippen molar-refractivity contribution in [1.82, 2.24) is 25.4 Å². The van der Waals surface area contributed by atoms with Crippen LogP contribution in [-0.2, 0) is 4.74 Å². The number of pyridine rings is 1. The fourth-order valence-electron chi connectivity index (χ4n) is 3.49. The summed E-state index contributed by atoms with van der Waals surface area (Å²) in [6.07, 6.45) is 3.48. The zero-order valence-corrected chi connectivity index (χ0v) is 17.4. The number of likely N-dealkylation sites (N-methyl/N-ethyl adjacent to an activating group) is 1. The van der Waals surface area contributed by atoms with Gasteiger partial charge >= 0.3 is 0 Å². The molecule has 0 bridgehead atoms. The Labute approximate surface area is 175 Å². The summed E-state index contributed by atoms with van der Waals surface area (Å²) in [6.45, 7) is 2.77. The second kappa shape index (κ2) is 9.23. The molecule has 0 saturated carbocycles. The van der Waals surface area contributed by atoms with E-state index in [1.807, 2.05) is 43.3 Å². The van der Waals surface area contributed by atoms with Crippen molar-refractivity contribution >= 4 is 16.8 Å². The lowest BCUT2D eigenvalue weighted by atomic mass is 10.0. The Morgan fingerprint density at radius 1 is 1.30 bits per heavy atom. The van der Waals surface area contributed by atoms with E-state index in [1.165, 1.54) is 0 Å². The quantitative estimate of drug-likeness (QED) is 0.623. The summed E-state index contributed by atoms with van der Waals surface area (Å²) < 4.78 is 11.6. The van der Waals surface area contributed by atoms with Gasteiger partial charge in [0, 0.05) is 43.3 Å². The van der Waals surface area contributed by atoms with E-state index < -0.39 is 0 Å². The number of aromatic amines is 1. The first-order valence-corrected chi connectivity index (χ1v) is 10.2. The highest BCUT2D eigenvalue weighted by molar-refractivity contribution is 5.99. The van der Waals surface area contributed by atoms with E-state index in [1.54, 1.807) is 12.3 Å². The van der Waals surface area contributed by atoms with E-state index in [0.29, 0.717) is 31.2 Å². The third-order valence-corrected chi connectivity index (χ3v) is 5.13. The lowest BCUT2D eigenvalue weighted by molar-refractivity contribution is 0.0244. The van der Waals surface area contributed by atoms with Crippen LogP contribution in [0.2, 0.25) is 0 Å². The Morgan fingerprint density at radius 2 is 2.13 bits per heavy atom. The van der Waals surface area contributed by atoms with Crippen molar-refractivity contribution in [3.63, 3.8) is 0 Å². The van der Waals surface area contributed by atoms with E-state index in [4.69, 9.17) is 9.47 Å². The van der Waals surface area contributed by atoms with Gasteiger partial charge in [0.25, 0.3) is 5.91 Å². The molecule has 3 heterocycles. The van der Waals surface area contributed by atoms with Gasteiger partial charge in [0.2, 0.25) is 5.88 Å². The maximum Gasteiger partial charge on any atom is 0.251 e. The van der Waals surface area contributed by atoms with Gasteiger partial charge in [-0.15, -0.1) is 0 Å². The summed E-state index contributed by atoms with van der Waals surface area (Å²) >= 11 is 0. The summed E-state index contributed by atoms with van der Waals surface area (Å²) in [4.78, 5) is 19.0. The Morgan fingerprint density at radius 3 is 2.93 bits per heavy atom. The number of aromatic nitrogens is 3. The molecular weight excluding hydrogens is 382 g/mol. The summed E-state index contributed by atoms with van der Waals surface area (Å²) in [7, 11) is 3.95. The largest absolute Gasteiger partial charge is 0.474 e.